The molecular formula is C12H25NO. The fourth-order valence-corrected chi connectivity index (χ4v) is 1.56. The van der Waals surface area contributed by atoms with E-state index < -0.39 is 0 Å². The average molecular weight is 199 g/mol. The Kier molecular flexibility index (Phi) is 6.81. The van der Waals surface area contributed by atoms with Crippen molar-refractivity contribution in [2.24, 2.45) is 11.8 Å². The number of carbonyl (C=O) groups is 1. The van der Waals surface area contributed by atoms with Crippen molar-refractivity contribution in [2.75, 3.05) is 7.05 Å². The van der Waals surface area contributed by atoms with Gasteiger partial charge in [-0.15, -0.1) is 0 Å². The Morgan fingerprint density at radius 1 is 1.14 bits per heavy atom. The number of likely N-dealkylation sites (N-methyl/N-ethyl adjacent to an activating group) is 1. The monoisotopic (exact) mass is 199 g/mol. The molecule has 14 heavy (non-hydrogen) atoms. The number of carbonyl (C=O) groups excluding carboxylic acids is 1. The molecule has 0 aliphatic heterocycles. The van der Waals surface area contributed by atoms with E-state index in [9.17, 15) is 4.79 Å². The van der Waals surface area contributed by atoms with Gasteiger partial charge in [0.15, 0.2) is 5.78 Å². The minimum Gasteiger partial charge on any atom is -0.311 e. The summed E-state index contributed by atoms with van der Waals surface area (Å²) in [5, 5.41) is 3.11. The van der Waals surface area contributed by atoms with Crippen molar-refractivity contribution in [3.8, 4) is 0 Å². The Morgan fingerprint density at radius 3 is 2.07 bits per heavy atom. The number of Topliss-reactive ketones (excluding diaryl/α,β-unsaturated/α-hetero) is 1. The largest absolute Gasteiger partial charge is 0.311 e. The zero-order valence-corrected chi connectivity index (χ0v) is 10.3. The Labute approximate surface area is 88.5 Å². The van der Waals surface area contributed by atoms with Crippen LogP contribution in [0.4, 0.5) is 0 Å². The molecule has 0 unspecified atom stereocenters. The first kappa shape index (κ1) is 13.6. The van der Waals surface area contributed by atoms with Crippen LogP contribution in [0.25, 0.3) is 0 Å². The van der Waals surface area contributed by atoms with E-state index in [1.165, 1.54) is 6.42 Å². The van der Waals surface area contributed by atoms with Gasteiger partial charge in [0.25, 0.3) is 0 Å². The van der Waals surface area contributed by atoms with Gasteiger partial charge in [0.05, 0.1) is 6.04 Å². The molecule has 1 atom stereocenters. The highest BCUT2D eigenvalue weighted by molar-refractivity contribution is 5.85. The van der Waals surface area contributed by atoms with E-state index >= 15 is 0 Å². The molecule has 0 amide bonds. The first-order chi connectivity index (χ1) is 6.49. The second kappa shape index (κ2) is 6.99. The highest BCUT2D eigenvalue weighted by Crippen LogP contribution is 2.11. The maximum Gasteiger partial charge on any atom is 0.152 e. The van der Waals surface area contributed by atoms with Crippen LogP contribution in [-0.4, -0.2) is 18.9 Å². The van der Waals surface area contributed by atoms with Crippen molar-refractivity contribution in [1.82, 2.24) is 5.32 Å². The zero-order chi connectivity index (χ0) is 11.1. The third-order valence-electron chi connectivity index (χ3n) is 2.54. The second-order valence-corrected chi connectivity index (χ2v) is 4.72. The van der Waals surface area contributed by atoms with Gasteiger partial charge in [0.1, 0.15) is 0 Å². The van der Waals surface area contributed by atoms with Crippen molar-refractivity contribution >= 4 is 5.78 Å². The summed E-state index contributed by atoms with van der Waals surface area (Å²) in [6.45, 7) is 8.38. The summed E-state index contributed by atoms with van der Waals surface area (Å²) >= 11 is 0. The van der Waals surface area contributed by atoms with Gasteiger partial charge in [-0.2, -0.15) is 0 Å². The molecular weight excluding hydrogens is 174 g/mol. The smallest absolute Gasteiger partial charge is 0.152 e. The van der Waals surface area contributed by atoms with E-state index in [1.807, 2.05) is 20.9 Å². The fourth-order valence-electron chi connectivity index (χ4n) is 1.56. The third kappa shape index (κ3) is 5.38. The van der Waals surface area contributed by atoms with E-state index in [0.29, 0.717) is 5.78 Å². The number of ketones is 1. The molecule has 2 heteroatoms. The number of hydrogen-bond acceptors (Lipinski definition) is 2. The molecule has 0 spiro atoms. The van der Waals surface area contributed by atoms with Gasteiger partial charge in [-0.1, -0.05) is 40.5 Å². The van der Waals surface area contributed by atoms with Crippen molar-refractivity contribution in [3.05, 3.63) is 0 Å². The lowest BCUT2D eigenvalue weighted by Gasteiger charge is -2.17. The van der Waals surface area contributed by atoms with Gasteiger partial charge in [0, 0.05) is 5.92 Å². The Bertz CT molecular complexity index is 164. The zero-order valence-electron chi connectivity index (χ0n) is 10.3. The minimum atomic E-state index is 0.0637. The molecule has 0 aromatic heterocycles. The van der Waals surface area contributed by atoms with E-state index in [2.05, 4.69) is 19.2 Å². The van der Waals surface area contributed by atoms with Crippen molar-refractivity contribution in [3.63, 3.8) is 0 Å². The van der Waals surface area contributed by atoms with Gasteiger partial charge in [-0.05, 0) is 19.4 Å². The molecule has 0 aliphatic carbocycles. The second-order valence-electron chi connectivity index (χ2n) is 4.72. The third-order valence-corrected chi connectivity index (χ3v) is 2.54. The number of nitrogens with one attached hydrogen (secondary N) is 1. The van der Waals surface area contributed by atoms with E-state index in [0.717, 1.165) is 18.8 Å². The maximum atomic E-state index is 11.7. The van der Waals surface area contributed by atoms with Crippen LogP contribution in [0.2, 0.25) is 0 Å². The van der Waals surface area contributed by atoms with Crippen LogP contribution in [0.3, 0.4) is 0 Å². The molecule has 0 saturated heterocycles. The topological polar surface area (TPSA) is 29.1 Å². The summed E-state index contributed by atoms with van der Waals surface area (Å²) < 4.78 is 0. The van der Waals surface area contributed by atoms with Gasteiger partial charge in [-0.25, -0.2) is 0 Å². The highest BCUT2D eigenvalue weighted by atomic mass is 16.1. The minimum absolute atomic E-state index is 0.0637. The lowest BCUT2D eigenvalue weighted by atomic mass is 9.95. The van der Waals surface area contributed by atoms with Crippen LogP contribution in [0.15, 0.2) is 0 Å². The van der Waals surface area contributed by atoms with E-state index in [4.69, 9.17) is 0 Å². The van der Waals surface area contributed by atoms with Gasteiger partial charge < -0.3 is 5.32 Å². The highest BCUT2D eigenvalue weighted by Gasteiger charge is 2.18. The number of rotatable bonds is 7. The molecule has 0 bridgehead atoms. The van der Waals surface area contributed by atoms with E-state index in [1.54, 1.807) is 0 Å². The van der Waals surface area contributed by atoms with Crippen molar-refractivity contribution < 1.29 is 4.79 Å². The molecule has 1 N–H and O–H groups in total. The van der Waals surface area contributed by atoms with Crippen molar-refractivity contribution in [1.29, 1.82) is 0 Å². The normalized spacial score (nSPS) is 13.6. The maximum absolute atomic E-state index is 11.7. The predicted molar refractivity (Wildman–Crippen MR) is 61.4 cm³/mol. The Hall–Kier alpha value is -0.370. The van der Waals surface area contributed by atoms with E-state index in [-0.39, 0.29) is 12.0 Å². The molecule has 0 radical (unpaired) electrons. The summed E-state index contributed by atoms with van der Waals surface area (Å²) in [7, 11) is 1.88. The lowest BCUT2D eigenvalue weighted by Crippen LogP contribution is -2.36. The summed E-state index contributed by atoms with van der Waals surface area (Å²) in [5.41, 5.74) is 0. The summed E-state index contributed by atoms with van der Waals surface area (Å²) in [4.78, 5) is 11.7. The standard InChI is InChI=1S/C12H25NO/c1-9(2)7-6-8-11(13-5)12(14)10(3)4/h9-11,13H,6-8H2,1-5H3/t11-/m0/s1. The molecule has 0 aliphatic rings. The average Bonchev–Trinajstić information content (AvgIpc) is 2.10. The number of hydrogen-bond donors (Lipinski definition) is 1. The van der Waals surface area contributed by atoms with Gasteiger partial charge >= 0.3 is 0 Å². The van der Waals surface area contributed by atoms with Crippen LogP contribution >= 0.6 is 0 Å². The molecule has 0 rings (SSSR count). The molecule has 0 aromatic rings. The van der Waals surface area contributed by atoms with Gasteiger partial charge in [0.2, 0.25) is 0 Å². The summed E-state index contributed by atoms with van der Waals surface area (Å²) in [5.74, 6) is 1.23. The SMILES string of the molecule is CN[C@@H](CCCC(C)C)C(=O)C(C)C. The summed E-state index contributed by atoms with van der Waals surface area (Å²) in [6, 6.07) is 0.0637. The van der Waals surface area contributed by atoms with Crippen LogP contribution in [0.1, 0.15) is 47.0 Å². The Morgan fingerprint density at radius 2 is 1.71 bits per heavy atom. The first-order valence-corrected chi connectivity index (χ1v) is 5.70. The van der Waals surface area contributed by atoms with Crippen LogP contribution < -0.4 is 5.32 Å². The lowest BCUT2D eigenvalue weighted by molar-refractivity contribution is -0.124. The Balaban J connectivity index is 3.85. The first-order valence-electron chi connectivity index (χ1n) is 5.70. The molecule has 84 valence electrons. The van der Waals surface area contributed by atoms with Crippen molar-refractivity contribution in [2.45, 2.75) is 53.0 Å². The molecule has 0 aromatic carbocycles. The van der Waals surface area contributed by atoms with Crippen LogP contribution in [-0.2, 0) is 4.79 Å². The predicted octanol–water partition coefficient (Wildman–Crippen LogP) is 2.63. The molecule has 0 saturated carbocycles. The molecule has 0 heterocycles. The fraction of sp³-hybridized carbons (Fsp3) is 0.917. The van der Waals surface area contributed by atoms with Crippen LogP contribution in [0.5, 0.6) is 0 Å². The molecule has 0 fully saturated rings. The van der Waals surface area contributed by atoms with Gasteiger partial charge in [-0.3, -0.25) is 4.79 Å². The molecule has 2 nitrogen and oxygen atoms in total. The quantitative estimate of drug-likeness (QED) is 0.683. The summed E-state index contributed by atoms with van der Waals surface area (Å²) in [6.07, 6.45) is 3.33. The van der Waals surface area contributed by atoms with Crippen LogP contribution in [0, 0.1) is 11.8 Å².